The van der Waals surface area contributed by atoms with Crippen LogP contribution in [-0.2, 0) is 6.42 Å². The molecule has 0 N–H and O–H groups in total. The lowest BCUT2D eigenvalue weighted by molar-refractivity contribution is 0.222. The summed E-state index contributed by atoms with van der Waals surface area (Å²) in [4.78, 5) is 0. The fraction of sp³-hybridized carbons (Fsp3) is 0.250. The number of hydrogen-bond donors (Lipinski definition) is 0. The molecule has 2 rings (SSSR count). The predicted molar refractivity (Wildman–Crippen MR) is 71.4 cm³/mol. The van der Waals surface area contributed by atoms with E-state index in [1.165, 1.54) is 17.7 Å². The fourth-order valence-electron chi connectivity index (χ4n) is 1.84. The van der Waals surface area contributed by atoms with Crippen molar-refractivity contribution in [2.45, 2.75) is 26.4 Å². The van der Waals surface area contributed by atoms with Crippen molar-refractivity contribution in [3.63, 3.8) is 0 Å². The minimum Gasteiger partial charge on any atom is -0.490 e. The lowest BCUT2D eigenvalue weighted by Crippen LogP contribution is -2.14. The zero-order valence-electron chi connectivity index (χ0n) is 10.7. The Balaban J connectivity index is 1.94. The van der Waals surface area contributed by atoms with Gasteiger partial charge in [0.1, 0.15) is 11.6 Å². The molecule has 0 aromatic heterocycles. The zero-order chi connectivity index (χ0) is 13.0. The second kappa shape index (κ2) is 5.67. The highest BCUT2D eigenvalue weighted by Gasteiger charge is 2.05. The van der Waals surface area contributed by atoms with Gasteiger partial charge in [-0.2, -0.15) is 0 Å². The highest BCUT2D eigenvalue weighted by Crippen LogP contribution is 2.15. The number of hydrogen-bond acceptors (Lipinski definition) is 1. The molecule has 2 aromatic rings. The maximum absolute atomic E-state index is 12.8. The molecule has 0 spiro atoms. The maximum Gasteiger partial charge on any atom is 0.123 e. The molecule has 0 fully saturated rings. The van der Waals surface area contributed by atoms with Gasteiger partial charge in [0.25, 0.3) is 0 Å². The summed E-state index contributed by atoms with van der Waals surface area (Å²) < 4.78 is 18.6. The molecule has 0 aliphatic heterocycles. The minimum absolute atomic E-state index is 0.0677. The van der Waals surface area contributed by atoms with E-state index in [1.807, 2.05) is 38.1 Å². The Morgan fingerprint density at radius 1 is 1.00 bits per heavy atom. The number of aryl methyl sites for hydroxylation is 1. The van der Waals surface area contributed by atoms with E-state index in [-0.39, 0.29) is 11.9 Å². The van der Waals surface area contributed by atoms with E-state index in [4.69, 9.17) is 4.74 Å². The van der Waals surface area contributed by atoms with Crippen LogP contribution < -0.4 is 4.74 Å². The molecule has 1 unspecified atom stereocenters. The van der Waals surface area contributed by atoms with Gasteiger partial charge in [0.2, 0.25) is 0 Å². The molecule has 0 saturated heterocycles. The highest BCUT2D eigenvalue weighted by atomic mass is 19.1. The molecule has 1 atom stereocenters. The van der Waals surface area contributed by atoms with Gasteiger partial charge in [-0.05, 0) is 43.7 Å². The van der Waals surface area contributed by atoms with E-state index in [1.54, 1.807) is 12.1 Å². The highest BCUT2D eigenvalue weighted by molar-refractivity contribution is 5.26. The zero-order valence-corrected chi connectivity index (χ0v) is 10.7. The molecule has 1 nitrogen and oxygen atoms in total. The summed E-state index contributed by atoms with van der Waals surface area (Å²) in [6.45, 7) is 4.06. The molecule has 18 heavy (non-hydrogen) atoms. The van der Waals surface area contributed by atoms with Crippen LogP contribution in [0.5, 0.6) is 5.75 Å². The molecule has 0 heterocycles. The Kier molecular flexibility index (Phi) is 3.98. The number of rotatable bonds is 4. The quantitative estimate of drug-likeness (QED) is 0.785. The van der Waals surface area contributed by atoms with Gasteiger partial charge in [-0.15, -0.1) is 0 Å². The molecular weight excluding hydrogens is 227 g/mol. The van der Waals surface area contributed by atoms with Crippen LogP contribution in [0.3, 0.4) is 0 Å². The van der Waals surface area contributed by atoms with Gasteiger partial charge in [-0.3, -0.25) is 0 Å². The molecule has 0 aliphatic carbocycles. The predicted octanol–water partition coefficient (Wildman–Crippen LogP) is 4.14. The monoisotopic (exact) mass is 244 g/mol. The van der Waals surface area contributed by atoms with Gasteiger partial charge in [0.15, 0.2) is 0 Å². The molecule has 2 heteroatoms. The molecule has 0 radical (unpaired) electrons. The second-order valence-corrected chi connectivity index (χ2v) is 4.57. The topological polar surface area (TPSA) is 9.23 Å². The van der Waals surface area contributed by atoms with Gasteiger partial charge < -0.3 is 4.74 Å². The average Bonchev–Trinajstić information content (AvgIpc) is 2.35. The van der Waals surface area contributed by atoms with Crippen molar-refractivity contribution in [1.29, 1.82) is 0 Å². The van der Waals surface area contributed by atoms with Crippen molar-refractivity contribution >= 4 is 0 Å². The van der Waals surface area contributed by atoms with Crippen molar-refractivity contribution in [2.24, 2.45) is 0 Å². The molecule has 94 valence electrons. The van der Waals surface area contributed by atoms with Crippen molar-refractivity contribution in [3.05, 3.63) is 65.5 Å². The fourth-order valence-corrected chi connectivity index (χ4v) is 1.84. The van der Waals surface area contributed by atoms with Gasteiger partial charge in [0.05, 0.1) is 6.10 Å². The van der Waals surface area contributed by atoms with Crippen molar-refractivity contribution < 1.29 is 9.13 Å². The Morgan fingerprint density at radius 2 is 1.61 bits per heavy atom. The SMILES string of the molecule is Cc1ccc(OC(C)Cc2ccc(F)cc2)cc1. The Labute approximate surface area is 107 Å². The molecule has 2 aromatic carbocycles. The van der Waals surface area contributed by atoms with Crippen molar-refractivity contribution in [2.75, 3.05) is 0 Å². The third-order valence-corrected chi connectivity index (χ3v) is 2.79. The first-order valence-electron chi connectivity index (χ1n) is 6.11. The third kappa shape index (κ3) is 3.59. The van der Waals surface area contributed by atoms with Crippen LogP contribution in [0.25, 0.3) is 0 Å². The summed E-state index contributed by atoms with van der Waals surface area (Å²) in [5.74, 6) is 0.668. The molecule has 0 saturated carbocycles. The number of ether oxygens (including phenoxy) is 1. The summed E-state index contributed by atoms with van der Waals surface area (Å²) >= 11 is 0. The van der Waals surface area contributed by atoms with Gasteiger partial charge in [-0.25, -0.2) is 4.39 Å². The van der Waals surface area contributed by atoms with E-state index in [0.29, 0.717) is 0 Å². The van der Waals surface area contributed by atoms with E-state index < -0.39 is 0 Å². The minimum atomic E-state index is -0.203. The van der Waals surface area contributed by atoms with Crippen LogP contribution in [0.1, 0.15) is 18.1 Å². The van der Waals surface area contributed by atoms with E-state index in [9.17, 15) is 4.39 Å². The van der Waals surface area contributed by atoms with Gasteiger partial charge >= 0.3 is 0 Å². The Hall–Kier alpha value is -1.83. The first-order chi connectivity index (χ1) is 8.63. The van der Waals surface area contributed by atoms with Gasteiger partial charge in [-0.1, -0.05) is 29.8 Å². The molecular formula is C16H17FO. The molecule has 0 bridgehead atoms. The standard InChI is InChI=1S/C16H17FO/c1-12-3-9-16(10-4-12)18-13(2)11-14-5-7-15(17)8-6-14/h3-10,13H,11H2,1-2H3. The van der Waals surface area contributed by atoms with Crippen LogP contribution in [0.15, 0.2) is 48.5 Å². The normalized spacial score (nSPS) is 12.2. The van der Waals surface area contributed by atoms with E-state index in [2.05, 4.69) is 0 Å². The van der Waals surface area contributed by atoms with Crippen LogP contribution in [0.2, 0.25) is 0 Å². The Bertz CT molecular complexity index is 440. The van der Waals surface area contributed by atoms with E-state index >= 15 is 0 Å². The molecule has 0 aliphatic rings. The van der Waals surface area contributed by atoms with Gasteiger partial charge in [0, 0.05) is 6.42 Å². The summed E-state index contributed by atoms with van der Waals surface area (Å²) in [5.41, 5.74) is 2.30. The third-order valence-electron chi connectivity index (χ3n) is 2.79. The van der Waals surface area contributed by atoms with Crippen LogP contribution in [0.4, 0.5) is 4.39 Å². The first-order valence-corrected chi connectivity index (χ1v) is 6.11. The smallest absolute Gasteiger partial charge is 0.123 e. The van der Waals surface area contributed by atoms with E-state index in [0.717, 1.165) is 17.7 Å². The van der Waals surface area contributed by atoms with Crippen LogP contribution in [0, 0.1) is 12.7 Å². The summed E-state index contributed by atoms with van der Waals surface area (Å²) in [5, 5.41) is 0. The van der Waals surface area contributed by atoms with Crippen molar-refractivity contribution in [1.82, 2.24) is 0 Å². The second-order valence-electron chi connectivity index (χ2n) is 4.57. The summed E-state index contributed by atoms with van der Waals surface area (Å²) in [7, 11) is 0. The number of benzene rings is 2. The summed E-state index contributed by atoms with van der Waals surface area (Å²) in [6.07, 6.45) is 0.840. The van der Waals surface area contributed by atoms with Crippen LogP contribution >= 0.6 is 0 Å². The largest absolute Gasteiger partial charge is 0.490 e. The lowest BCUT2D eigenvalue weighted by atomic mass is 10.1. The Morgan fingerprint density at radius 3 is 2.22 bits per heavy atom. The van der Waals surface area contributed by atoms with Crippen molar-refractivity contribution in [3.8, 4) is 5.75 Å². The summed E-state index contributed by atoms with van der Waals surface area (Å²) in [6, 6.07) is 14.5. The number of halogens is 1. The molecule has 0 amide bonds. The average molecular weight is 244 g/mol. The lowest BCUT2D eigenvalue weighted by Gasteiger charge is -2.15. The van der Waals surface area contributed by atoms with Crippen LogP contribution in [-0.4, -0.2) is 6.10 Å². The first kappa shape index (κ1) is 12.6. The maximum atomic E-state index is 12.8.